The van der Waals surface area contributed by atoms with Crippen molar-refractivity contribution in [2.75, 3.05) is 11.4 Å². The van der Waals surface area contributed by atoms with Crippen molar-refractivity contribution in [3.8, 4) is 0 Å². The van der Waals surface area contributed by atoms with Gasteiger partial charge in [-0.3, -0.25) is 0 Å². The first kappa shape index (κ1) is 15.4. The molecule has 0 radical (unpaired) electrons. The minimum atomic E-state index is 0. The molecule has 0 saturated heterocycles. The van der Waals surface area contributed by atoms with Crippen LogP contribution in [0.2, 0.25) is 0 Å². The summed E-state index contributed by atoms with van der Waals surface area (Å²) in [5.41, 5.74) is 2.66. The Hall–Kier alpha value is -1.99. The molecular weight excluding hydrogens is 278 g/mol. The number of benzene rings is 3. The van der Waals surface area contributed by atoms with Crippen LogP contribution in [0, 0.1) is 0 Å². The quantitative estimate of drug-likeness (QED) is 0.632. The molecule has 0 fully saturated rings. The predicted molar refractivity (Wildman–Crippen MR) is 94.4 cm³/mol. The first-order valence-corrected chi connectivity index (χ1v) is 7.15. The van der Waals surface area contributed by atoms with E-state index in [-0.39, 0.29) is 12.4 Å². The second-order valence-corrected chi connectivity index (χ2v) is 5.00. The summed E-state index contributed by atoms with van der Waals surface area (Å²) in [4.78, 5) is 2.43. The van der Waals surface area contributed by atoms with E-state index in [9.17, 15) is 0 Å². The molecule has 0 aromatic heterocycles. The summed E-state index contributed by atoms with van der Waals surface area (Å²) in [5, 5.41) is 2.63. The number of halogens is 1. The average molecular weight is 298 g/mol. The maximum Gasteiger partial charge on any atom is 0.0448 e. The third kappa shape index (κ3) is 3.37. The Morgan fingerprint density at radius 1 is 0.762 bits per heavy atom. The highest BCUT2D eigenvalue weighted by molar-refractivity contribution is 5.94. The van der Waals surface area contributed by atoms with Crippen molar-refractivity contribution in [2.45, 2.75) is 13.5 Å². The van der Waals surface area contributed by atoms with E-state index in [0.717, 1.165) is 13.1 Å². The Bertz CT molecular complexity index is 689. The van der Waals surface area contributed by atoms with E-state index >= 15 is 0 Å². The van der Waals surface area contributed by atoms with Crippen LogP contribution in [0.15, 0.2) is 72.8 Å². The summed E-state index contributed by atoms with van der Waals surface area (Å²) in [6.07, 6.45) is 0. The second-order valence-electron chi connectivity index (χ2n) is 5.00. The van der Waals surface area contributed by atoms with Crippen LogP contribution in [-0.4, -0.2) is 6.54 Å². The Morgan fingerprint density at radius 2 is 1.43 bits per heavy atom. The molecule has 0 N–H and O–H groups in total. The Kier molecular flexibility index (Phi) is 5.24. The molecule has 0 atom stereocenters. The predicted octanol–water partition coefficient (Wildman–Crippen LogP) is 5.29. The molecule has 0 amide bonds. The molecule has 0 bridgehead atoms. The fourth-order valence-electron chi connectivity index (χ4n) is 2.66. The highest BCUT2D eigenvalue weighted by Gasteiger charge is 2.08. The van der Waals surface area contributed by atoms with Gasteiger partial charge in [0.05, 0.1) is 0 Å². The average Bonchev–Trinajstić information content (AvgIpc) is 2.53. The third-order valence-corrected chi connectivity index (χ3v) is 3.71. The lowest BCUT2D eigenvalue weighted by Gasteiger charge is -2.25. The normalized spacial score (nSPS) is 10.1. The van der Waals surface area contributed by atoms with Crippen molar-refractivity contribution in [2.24, 2.45) is 0 Å². The third-order valence-electron chi connectivity index (χ3n) is 3.71. The number of hydrogen-bond donors (Lipinski definition) is 0. The molecule has 108 valence electrons. The van der Waals surface area contributed by atoms with Gasteiger partial charge in [-0.25, -0.2) is 0 Å². The van der Waals surface area contributed by atoms with Gasteiger partial charge in [-0.2, -0.15) is 0 Å². The van der Waals surface area contributed by atoms with Gasteiger partial charge in [-0.05, 0) is 23.9 Å². The summed E-state index contributed by atoms with van der Waals surface area (Å²) >= 11 is 0. The van der Waals surface area contributed by atoms with Gasteiger partial charge in [0, 0.05) is 24.2 Å². The molecular formula is C19H20ClN. The molecule has 0 heterocycles. The molecule has 0 aliphatic rings. The zero-order valence-corrected chi connectivity index (χ0v) is 13.0. The monoisotopic (exact) mass is 297 g/mol. The molecule has 0 aliphatic carbocycles. The first-order valence-electron chi connectivity index (χ1n) is 7.15. The maximum absolute atomic E-state index is 2.43. The standard InChI is InChI=1S/C19H19N.ClH/c1-2-20(15-16-9-4-3-5-10-16)19-14-8-12-17-11-6-7-13-18(17)19;/h3-14H,2,15H2,1H3;1H. The van der Waals surface area contributed by atoms with E-state index in [0.29, 0.717) is 0 Å². The maximum atomic E-state index is 2.43. The SMILES string of the molecule is CCN(Cc1ccccc1)c1cccc2ccccc12.Cl. The second kappa shape index (κ2) is 7.14. The van der Waals surface area contributed by atoms with Crippen LogP contribution in [-0.2, 0) is 6.54 Å². The van der Waals surface area contributed by atoms with E-state index in [1.54, 1.807) is 0 Å². The lowest BCUT2D eigenvalue weighted by atomic mass is 10.1. The Labute approximate surface area is 132 Å². The molecule has 1 nitrogen and oxygen atoms in total. The van der Waals surface area contributed by atoms with E-state index in [1.807, 2.05) is 0 Å². The summed E-state index contributed by atoms with van der Waals surface area (Å²) in [6.45, 7) is 4.17. The van der Waals surface area contributed by atoms with Crippen LogP contribution < -0.4 is 4.90 Å². The van der Waals surface area contributed by atoms with E-state index in [2.05, 4.69) is 84.6 Å². The minimum absolute atomic E-state index is 0. The van der Waals surface area contributed by atoms with Crippen LogP contribution in [0.25, 0.3) is 10.8 Å². The largest absolute Gasteiger partial charge is 0.367 e. The molecule has 3 rings (SSSR count). The molecule has 0 unspecified atom stereocenters. The van der Waals surface area contributed by atoms with Crippen LogP contribution in [0.3, 0.4) is 0 Å². The number of fused-ring (bicyclic) bond motifs is 1. The van der Waals surface area contributed by atoms with Crippen LogP contribution in [0.5, 0.6) is 0 Å². The number of hydrogen-bond acceptors (Lipinski definition) is 1. The smallest absolute Gasteiger partial charge is 0.0448 e. The molecule has 0 spiro atoms. The van der Waals surface area contributed by atoms with Crippen LogP contribution in [0.4, 0.5) is 5.69 Å². The zero-order valence-electron chi connectivity index (χ0n) is 12.2. The molecule has 3 aromatic rings. The van der Waals surface area contributed by atoms with Crippen molar-refractivity contribution < 1.29 is 0 Å². The molecule has 3 aromatic carbocycles. The number of anilines is 1. The Morgan fingerprint density at radius 3 is 2.19 bits per heavy atom. The lowest BCUT2D eigenvalue weighted by molar-refractivity contribution is 0.836. The fourth-order valence-corrected chi connectivity index (χ4v) is 2.66. The summed E-state index contributed by atoms with van der Waals surface area (Å²) < 4.78 is 0. The lowest BCUT2D eigenvalue weighted by Crippen LogP contribution is -2.22. The first-order chi connectivity index (χ1) is 9.88. The van der Waals surface area contributed by atoms with Crippen molar-refractivity contribution in [1.82, 2.24) is 0 Å². The fraction of sp³-hybridized carbons (Fsp3) is 0.158. The summed E-state index contributed by atoms with van der Waals surface area (Å²) in [7, 11) is 0. The van der Waals surface area contributed by atoms with Crippen molar-refractivity contribution in [3.05, 3.63) is 78.4 Å². The topological polar surface area (TPSA) is 3.24 Å². The van der Waals surface area contributed by atoms with E-state index in [4.69, 9.17) is 0 Å². The minimum Gasteiger partial charge on any atom is -0.367 e. The van der Waals surface area contributed by atoms with E-state index < -0.39 is 0 Å². The number of nitrogens with zero attached hydrogens (tertiary/aromatic N) is 1. The zero-order chi connectivity index (χ0) is 13.8. The van der Waals surface area contributed by atoms with Crippen molar-refractivity contribution in [1.29, 1.82) is 0 Å². The van der Waals surface area contributed by atoms with E-state index in [1.165, 1.54) is 22.0 Å². The molecule has 2 heteroatoms. The summed E-state index contributed by atoms with van der Waals surface area (Å²) in [6, 6.07) is 25.8. The van der Waals surface area contributed by atoms with Gasteiger partial charge < -0.3 is 4.90 Å². The van der Waals surface area contributed by atoms with Crippen molar-refractivity contribution >= 4 is 28.9 Å². The molecule has 0 saturated carbocycles. The summed E-state index contributed by atoms with van der Waals surface area (Å²) in [5.74, 6) is 0. The van der Waals surface area contributed by atoms with Gasteiger partial charge >= 0.3 is 0 Å². The van der Waals surface area contributed by atoms with Gasteiger partial charge in [0.25, 0.3) is 0 Å². The molecule has 0 aliphatic heterocycles. The van der Waals surface area contributed by atoms with Crippen LogP contribution >= 0.6 is 12.4 Å². The Balaban J connectivity index is 0.00000161. The van der Waals surface area contributed by atoms with Gasteiger partial charge in [0.1, 0.15) is 0 Å². The van der Waals surface area contributed by atoms with Gasteiger partial charge in [-0.15, -0.1) is 12.4 Å². The molecule has 21 heavy (non-hydrogen) atoms. The van der Waals surface area contributed by atoms with Gasteiger partial charge in [0.15, 0.2) is 0 Å². The van der Waals surface area contributed by atoms with Crippen molar-refractivity contribution in [3.63, 3.8) is 0 Å². The highest BCUT2D eigenvalue weighted by Crippen LogP contribution is 2.27. The van der Waals surface area contributed by atoms with Gasteiger partial charge in [-0.1, -0.05) is 66.7 Å². The van der Waals surface area contributed by atoms with Gasteiger partial charge in [0.2, 0.25) is 0 Å². The highest BCUT2D eigenvalue weighted by atomic mass is 35.5. The van der Waals surface area contributed by atoms with Crippen LogP contribution in [0.1, 0.15) is 12.5 Å². The number of rotatable bonds is 4.